The summed E-state index contributed by atoms with van der Waals surface area (Å²) in [5, 5.41) is 27.2. The van der Waals surface area contributed by atoms with E-state index in [0.29, 0.717) is 11.5 Å². The van der Waals surface area contributed by atoms with Gasteiger partial charge in [-0.15, -0.1) is 5.10 Å². The van der Waals surface area contributed by atoms with Crippen molar-refractivity contribution in [1.29, 1.82) is 5.26 Å². The Morgan fingerprint density at radius 3 is 2.29 bits per heavy atom. The number of anilines is 2. The van der Waals surface area contributed by atoms with Gasteiger partial charge in [-0.1, -0.05) is 38.0 Å². The topological polar surface area (TPSA) is 140 Å². The predicted molar refractivity (Wildman–Crippen MR) is 144 cm³/mol. The number of halogens is 3. The quantitative estimate of drug-likeness (QED) is 0.334. The number of urea groups is 1. The van der Waals surface area contributed by atoms with E-state index < -0.39 is 29.2 Å². The third-order valence-corrected chi connectivity index (χ3v) is 7.46. The normalized spacial score (nSPS) is 17.4. The zero-order valence-corrected chi connectivity index (χ0v) is 22.9. The number of nitrogens with one attached hydrogen (secondary N) is 3. The van der Waals surface area contributed by atoms with Gasteiger partial charge in [-0.3, -0.25) is 10.1 Å². The molecule has 13 heteroatoms. The standard InChI is InChI=1S/C28H31F3N8O2/c1-27(2,3)20-9-12-22(13-10-20)39(26(41)33-21-11-8-19(15-32)23(14-21)28(29,30)31)16-17-4-6-18(7-5-17)24(40)34-25-35-37-38-36-25/h4-8,11,14,20,22H,9-10,12-13,16H2,1-3H3,(H,33,41)(H2,34,35,36,37,38,40). The molecule has 10 nitrogen and oxygen atoms in total. The number of nitriles is 1. The average Bonchev–Trinajstić information content (AvgIpc) is 3.44. The van der Waals surface area contributed by atoms with Crippen LogP contribution in [0, 0.1) is 22.7 Å². The van der Waals surface area contributed by atoms with Crippen LogP contribution in [0.3, 0.4) is 0 Å². The number of amides is 3. The number of hydrogen-bond donors (Lipinski definition) is 3. The molecule has 3 N–H and O–H groups in total. The average molecular weight is 569 g/mol. The van der Waals surface area contributed by atoms with Crippen molar-refractivity contribution in [2.75, 3.05) is 10.6 Å². The summed E-state index contributed by atoms with van der Waals surface area (Å²) < 4.78 is 40.5. The van der Waals surface area contributed by atoms with E-state index in [2.05, 4.69) is 52.0 Å². The molecule has 41 heavy (non-hydrogen) atoms. The Morgan fingerprint density at radius 2 is 1.73 bits per heavy atom. The van der Waals surface area contributed by atoms with Crippen LogP contribution in [-0.2, 0) is 12.7 Å². The van der Waals surface area contributed by atoms with E-state index in [1.165, 1.54) is 6.07 Å². The molecular formula is C28H31F3N8O2. The number of hydrogen-bond acceptors (Lipinski definition) is 6. The van der Waals surface area contributed by atoms with Gasteiger partial charge in [0, 0.05) is 23.8 Å². The van der Waals surface area contributed by atoms with Gasteiger partial charge in [0.05, 0.1) is 17.2 Å². The highest BCUT2D eigenvalue weighted by Gasteiger charge is 2.36. The summed E-state index contributed by atoms with van der Waals surface area (Å²) in [6.45, 7) is 6.78. The van der Waals surface area contributed by atoms with Crippen LogP contribution >= 0.6 is 0 Å². The maximum atomic E-state index is 13.5. The Balaban J connectivity index is 1.54. The van der Waals surface area contributed by atoms with Crippen molar-refractivity contribution >= 4 is 23.6 Å². The highest BCUT2D eigenvalue weighted by molar-refractivity contribution is 6.03. The second kappa shape index (κ2) is 12.0. The van der Waals surface area contributed by atoms with Crippen LogP contribution in [0.5, 0.6) is 0 Å². The number of carbonyl (C=O) groups is 2. The van der Waals surface area contributed by atoms with Crippen molar-refractivity contribution < 1.29 is 22.8 Å². The lowest BCUT2D eigenvalue weighted by Gasteiger charge is -2.41. The Morgan fingerprint density at radius 1 is 1.05 bits per heavy atom. The molecule has 0 aliphatic heterocycles. The summed E-state index contributed by atoms with van der Waals surface area (Å²) in [5.41, 5.74) is -0.460. The minimum absolute atomic E-state index is 0.0317. The minimum Gasteiger partial charge on any atom is -0.317 e. The van der Waals surface area contributed by atoms with Crippen molar-refractivity contribution in [3.8, 4) is 6.07 Å². The number of rotatable bonds is 6. The summed E-state index contributed by atoms with van der Waals surface area (Å²) in [4.78, 5) is 27.6. The highest BCUT2D eigenvalue weighted by atomic mass is 19.4. The largest absolute Gasteiger partial charge is 0.417 e. The molecule has 0 bridgehead atoms. The summed E-state index contributed by atoms with van der Waals surface area (Å²) in [6, 6.07) is 10.6. The number of aromatic amines is 1. The van der Waals surface area contributed by atoms with Gasteiger partial charge in [0.1, 0.15) is 0 Å². The number of tetrazole rings is 1. The summed E-state index contributed by atoms with van der Waals surface area (Å²) >= 11 is 0. The van der Waals surface area contributed by atoms with Crippen molar-refractivity contribution in [3.63, 3.8) is 0 Å². The molecule has 1 aliphatic rings. The Hall–Kier alpha value is -4.47. The van der Waals surface area contributed by atoms with Crippen molar-refractivity contribution in [3.05, 3.63) is 64.7 Å². The van der Waals surface area contributed by atoms with E-state index >= 15 is 0 Å². The lowest BCUT2D eigenvalue weighted by molar-refractivity contribution is -0.137. The zero-order valence-electron chi connectivity index (χ0n) is 22.9. The second-order valence-corrected chi connectivity index (χ2v) is 11.2. The Bertz CT molecular complexity index is 1400. The molecule has 1 heterocycles. The minimum atomic E-state index is -4.74. The molecule has 0 saturated heterocycles. The number of nitrogens with zero attached hydrogens (tertiary/aromatic N) is 5. The molecule has 0 radical (unpaired) electrons. The van der Waals surface area contributed by atoms with Gasteiger partial charge in [-0.25, -0.2) is 4.79 Å². The Labute approximate surface area is 235 Å². The van der Waals surface area contributed by atoms with Crippen LogP contribution in [-0.4, -0.2) is 43.5 Å². The lowest BCUT2D eigenvalue weighted by Crippen LogP contribution is -2.45. The summed E-state index contributed by atoms with van der Waals surface area (Å²) in [6.07, 6.45) is -1.40. The molecule has 2 aromatic carbocycles. The maximum Gasteiger partial charge on any atom is 0.417 e. The van der Waals surface area contributed by atoms with Crippen LogP contribution in [0.4, 0.5) is 29.6 Å². The monoisotopic (exact) mass is 568 g/mol. The highest BCUT2D eigenvalue weighted by Crippen LogP contribution is 2.39. The summed E-state index contributed by atoms with van der Waals surface area (Å²) in [7, 11) is 0. The number of H-pyrrole nitrogens is 1. The molecule has 1 aromatic heterocycles. The number of carbonyl (C=O) groups excluding carboxylic acids is 2. The molecule has 0 unspecified atom stereocenters. The molecule has 0 atom stereocenters. The van der Waals surface area contributed by atoms with E-state index in [1.807, 2.05) is 0 Å². The van der Waals surface area contributed by atoms with E-state index in [1.54, 1.807) is 35.2 Å². The van der Waals surface area contributed by atoms with Crippen molar-refractivity contribution in [2.24, 2.45) is 11.3 Å². The molecule has 4 rings (SSSR count). The smallest absolute Gasteiger partial charge is 0.317 e. The molecule has 1 aliphatic carbocycles. The number of aromatic nitrogens is 4. The molecule has 3 aromatic rings. The van der Waals surface area contributed by atoms with E-state index in [4.69, 9.17) is 5.26 Å². The maximum absolute atomic E-state index is 13.5. The SMILES string of the molecule is CC(C)(C)C1CCC(N(Cc2ccc(C(=O)Nc3nn[nH]n3)cc2)C(=O)Nc2ccc(C#N)c(C(F)(F)F)c2)CC1. The van der Waals surface area contributed by atoms with Crippen molar-refractivity contribution in [1.82, 2.24) is 25.5 Å². The van der Waals surface area contributed by atoms with Crippen LogP contribution in [0.15, 0.2) is 42.5 Å². The van der Waals surface area contributed by atoms with Crippen LogP contribution in [0.1, 0.15) is 73.5 Å². The summed E-state index contributed by atoms with van der Waals surface area (Å²) in [5.74, 6) is 0.0899. The van der Waals surface area contributed by atoms with E-state index in [0.717, 1.165) is 43.4 Å². The fourth-order valence-corrected chi connectivity index (χ4v) is 5.12. The first-order chi connectivity index (χ1) is 19.3. The van der Waals surface area contributed by atoms with Gasteiger partial charge < -0.3 is 10.2 Å². The van der Waals surface area contributed by atoms with Gasteiger partial charge in [-0.2, -0.15) is 23.6 Å². The number of benzene rings is 2. The molecule has 1 fully saturated rings. The van der Waals surface area contributed by atoms with Crippen LogP contribution in [0.2, 0.25) is 0 Å². The molecule has 3 amide bonds. The van der Waals surface area contributed by atoms with Crippen molar-refractivity contribution in [2.45, 2.75) is 65.2 Å². The van der Waals surface area contributed by atoms with Gasteiger partial charge in [0.2, 0.25) is 0 Å². The number of alkyl halides is 3. The van der Waals surface area contributed by atoms with Crippen LogP contribution in [0.25, 0.3) is 0 Å². The molecule has 216 valence electrons. The van der Waals surface area contributed by atoms with Gasteiger partial charge in [0.15, 0.2) is 0 Å². The second-order valence-electron chi connectivity index (χ2n) is 11.2. The predicted octanol–water partition coefficient (Wildman–Crippen LogP) is 5.98. The van der Waals surface area contributed by atoms with Crippen LogP contribution < -0.4 is 10.6 Å². The van der Waals surface area contributed by atoms with E-state index in [-0.39, 0.29) is 29.6 Å². The molecule has 1 saturated carbocycles. The first kappa shape index (κ1) is 29.5. The van der Waals surface area contributed by atoms with Gasteiger partial charge in [-0.05, 0) is 78.1 Å². The fourth-order valence-electron chi connectivity index (χ4n) is 5.12. The molecule has 0 spiro atoms. The Kier molecular flexibility index (Phi) is 8.60. The zero-order chi connectivity index (χ0) is 29.8. The third-order valence-electron chi connectivity index (χ3n) is 7.46. The first-order valence-corrected chi connectivity index (χ1v) is 13.2. The van der Waals surface area contributed by atoms with Gasteiger partial charge >= 0.3 is 12.2 Å². The lowest BCUT2D eigenvalue weighted by atomic mass is 9.71. The first-order valence-electron chi connectivity index (χ1n) is 13.2. The third kappa shape index (κ3) is 7.39. The fraction of sp³-hybridized carbons (Fsp3) is 0.429. The van der Waals surface area contributed by atoms with Gasteiger partial charge in [0.25, 0.3) is 11.9 Å². The molecular weight excluding hydrogens is 537 g/mol. The van der Waals surface area contributed by atoms with E-state index in [9.17, 15) is 22.8 Å².